The third kappa shape index (κ3) is 4.83. The molecule has 0 aromatic rings. The molecule has 0 aliphatic heterocycles. The van der Waals surface area contributed by atoms with Gasteiger partial charge in [-0.1, -0.05) is 0 Å². The van der Waals surface area contributed by atoms with Crippen LogP contribution in [0.25, 0.3) is 0 Å². The second-order valence-corrected chi connectivity index (χ2v) is 5.59. The van der Waals surface area contributed by atoms with Crippen molar-refractivity contribution in [1.82, 2.24) is 5.32 Å². The van der Waals surface area contributed by atoms with Gasteiger partial charge in [0.2, 0.25) is 0 Å². The van der Waals surface area contributed by atoms with Gasteiger partial charge in [-0.2, -0.15) is 17.2 Å². The number of hydrogen-bond donors (Lipinski definition) is 2. The summed E-state index contributed by atoms with van der Waals surface area (Å²) in [6.07, 6.45) is -0.941. The van der Waals surface area contributed by atoms with Gasteiger partial charge in [-0.3, -0.25) is 4.55 Å². The molecule has 86 valence electrons. The molecule has 0 amide bonds. The molecule has 0 fully saturated rings. The van der Waals surface area contributed by atoms with Gasteiger partial charge >= 0.3 is 15.4 Å². The SMILES string of the molecule is CC(C)(C)NCCC(F)(F)S(=O)(=O)O. The number of alkyl halides is 2. The molecule has 0 spiro atoms. The summed E-state index contributed by atoms with van der Waals surface area (Å²) in [7, 11) is -5.29. The maximum absolute atomic E-state index is 12.6. The second kappa shape index (κ2) is 4.08. The van der Waals surface area contributed by atoms with Crippen molar-refractivity contribution in [1.29, 1.82) is 0 Å². The highest BCUT2D eigenvalue weighted by Crippen LogP contribution is 2.24. The Kier molecular flexibility index (Phi) is 4.00. The van der Waals surface area contributed by atoms with Crippen LogP contribution in [-0.2, 0) is 10.1 Å². The minimum absolute atomic E-state index is 0.184. The fourth-order valence-electron chi connectivity index (χ4n) is 0.712. The van der Waals surface area contributed by atoms with Crippen LogP contribution in [0.15, 0.2) is 0 Å². The molecule has 0 rings (SSSR count). The quantitative estimate of drug-likeness (QED) is 0.714. The summed E-state index contributed by atoms with van der Waals surface area (Å²) >= 11 is 0. The molecule has 0 aliphatic rings. The van der Waals surface area contributed by atoms with Crippen LogP contribution in [0, 0.1) is 0 Å². The van der Waals surface area contributed by atoms with Crippen LogP contribution < -0.4 is 5.32 Å². The van der Waals surface area contributed by atoms with Crippen LogP contribution in [0.3, 0.4) is 0 Å². The zero-order valence-corrected chi connectivity index (χ0v) is 9.16. The highest BCUT2D eigenvalue weighted by atomic mass is 32.2. The van der Waals surface area contributed by atoms with Gasteiger partial charge in [0.15, 0.2) is 0 Å². The normalized spacial score (nSPS) is 14.4. The molecule has 0 saturated carbocycles. The smallest absolute Gasteiger partial charge is 0.312 e. The molecule has 0 radical (unpaired) electrons. The second-order valence-electron chi connectivity index (χ2n) is 4.04. The van der Waals surface area contributed by atoms with Gasteiger partial charge in [0.1, 0.15) is 0 Å². The summed E-state index contributed by atoms with van der Waals surface area (Å²) in [4.78, 5) is 0. The van der Waals surface area contributed by atoms with E-state index in [4.69, 9.17) is 4.55 Å². The van der Waals surface area contributed by atoms with Crippen molar-refractivity contribution in [3.05, 3.63) is 0 Å². The molecule has 4 nitrogen and oxygen atoms in total. The summed E-state index contributed by atoms with van der Waals surface area (Å²) in [5.74, 6) is 0. The highest BCUT2D eigenvalue weighted by Gasteiger charge is 2.43. The van der Waals surface area contributed by atoms with Crippen LogP contribution in [0.1, 0.15) is 27.2 Å². The van der Waals surface area contributed by atoms with Crippen molar-refractivity contribution in [2.24, 2.45) is 0 Å². The van der Waals surface area contributed by atoms with Gasteiger partial charge in [0, 0.05) is 18.5 Å². The topological polar surface area (TPSA) is 66.4 Å². The van der Waals surface area contributed by atoms with Gasteiger partial charge in [0.05, 0.1) is 0 Å². The van der Waals surface area contributed by atoms with Crippen molar-refractivity contribution < 1.29 is 21.8 Å². The molecular formula is C7H15F2NO3S. The molecule has 0 atom stereocenters. The largest absolute Gasteiger partial charge is 0.371 e. The lowest BCUT2D eigenvalue weighted by molar-refractivity contribution is 0.0696. The third-order valence-corrected chi connectivity index (χ3v) is 2.41. The van der Waals surface area contributed by atoms with Gasteiger partial charge in [-0.15, -0.1) is 0 Å². The summed E-state index contributed by atoms with van der Waals surface area (Å²) in [5.41, 5.74) is -0.366. The van der Waals surface area contributed by atoms with Gasteiger partial charge < -0.3 is 5.32 Å². The monoisotopic (exact) mass is 231 g/mol. The lowest BCUT2D eigenvalue weighted by atomic mass is 10.1. The van der Waals surface area contributed by atoms with E-state index in [-0.39, 0.29) is 12.1 Å². The fourth-order valence-corrected chi connectivity index (χ4v) is 1.07. The first-order valence-electron chi connectivity index (χ1n) is 4.06. The Morgan fingerprint density at radius 2 is 1.71 bits per heavy atom. The summed E-state index contributed by atoms with van der Waals surface area (Å²) in [6, 6.07) is 0. The molecule has 0 unspecified atom stereocenters. The summed E-state index contributed by atoms with van der Waals surface area (Å²) in [5, 5.41) is -1.38. The van der Waals surface area contributed by atoms with Crippen molar-refractivity contribution in [3.63, 3.8) is 0 Å². The van der Waals surface area contributed by atoms with E-state index in [1.165, 1.54) is 0 Å². The van der Waals surface area contributed by atoms with Crippen LogP contribution in [-0.4, -0.2) is 30.3 Å². The van der Waals surface area contributed by atoms with Gasteiger partial charge in [-0.25, -0.2) is 0 Å². The molecule has 0 aromatic heterocycles. The van der Waals surface area contributed by atoms with Crippen molar-refractivity contribution in [2.45, 2.75) is 38.0 Å². The summed E-state index contributed by atoms with van der Waals surface area (Å²) < 4.78 is 53.8. The van der Waals surface area contributed by atoms with E-state index < -0.39 is 21.8 Å². The van der Waals surface area contributed by atoms with E-state index in [1.807, 2.05) is 0 Å². The molecule has 0 bridgehead atoms. The van der Waals surface area contributed by atoms with Crippen LogP contribution >= 0.6 is 0 Å². The first-order chi connectivity index (χ1) is 5.96. The lowest BCUT2D eigenvalue weighted by Crippen LogP contribution is -2.40. The molecule has 0 aliphatic carbocycles. The van der Waals surface area contributed by atoms with Gasteiger partial charge in [-0.05, 0) is 20.8 Å². The average molecular weight is 231 g/mol. The third-order valence-electron chi connectivity index (χ3n) is 1.45. The Labute approximate surface area is 82.4 Å². The molecular weight excluding hydrogens is 216 g/mol. The van der Waals surface area contributed by atoms with E-state index in [9.17, 15) is 17.2 Å². The molecule has 7 heteroatoms. The number of nitrogens with one attached hydrogen (secondary N) is 1. The predicted octanol–water partition coefficient (Wildman–Crippen LogP) is 1.25. The minimum atomic E-state index is -5.29. The first kappa shape index (κ1) is 13.7. The van der Waals surface area contributed by atoms with Crippen molar-refractivity contribution >= 4 is 10.1 Å². The zero-order chi connectivity index (χ0) is 11.6. The standard InChI is InChI=1S/C7H15F2NO3S/c1-6(2,3)10-5-4-7(8,9)14(11,12)13/h10H,4-5H2,1-3H3,(H,11,12,13). The first-order valence-corrected chi connectivity index (χ1v) is 5.50. The molecule has 2 N–H and O–H groups in total. The van der Waals surface area contributed by atoms with E-state index in [0.717, 1.165) is 0 Å². The molecule has 0 heterocycles. The van der Waals surface area contributed by atoms with Crippen LogP contribution in [0.5, 0.6) is 0 Å². The van der Waals surface area contributed by atoms with E-state index in [1.54, 1.807) is 20.8 Å². The van der Waals surface area contributed by atoms with Crippen molar-refractivity contribution in [2.75, 3.05) is 6.54 Å². The number of hydrogen-bond acceptors (Lipinski definition) is 3. The Bertz CT molecular complexity index is 282. The maximum atomic E-state index is 12.6. The predicted molar refractivity (Wildman–Crippen MR) is 48.9 cm³/mol. The van der Waals surface area contributed by atoms with Crippen LogP contribution in [0.2, 0.25) is 0 Å². The number of halogens is 2. The average Bonchev–Trinajstić information content (AvgIpc) is 1.80. The number of rotatable bonds is 4. The minimum Gasteiger partial charge on any atom is -0.312 e. The van der Waals surface area contributed by atoms with E-state index >= 15 is 0 Å². The molecule has 14 heavy (non-hydrogen) atoms. The Balaban J connectivity index is 4.16. The zero-order valence-electron chi connectivity index (χ0n) is 8.34. The Hall–Kier alpha value is -0.270. The van der Waals surface area contributed by atoms with E-state index in [0.29, 0.717) is 0 Å². The Morgan fingerprint density at radius 3 is 2.00 bits per heavy atom. The lowest BCUT2D eigenvalue weighted by Gasteiger charge is -2.22. The van der Waals surface area contributed by atoms with E-state index in [2.05, 4.69) is 5.32 Å². The van der Waals surface area contributed by atoms with Gasteiger partial charge in [0.25, 0.3) is 0 Å². The molecule has 0 saturated heterocycles. The van der Waals surface area contributed by atoms with Crippen molar-refractivity contribution in [3.8, 4) is 0 Å². The fraction of sp³-hybridized carbons (Fsp3) is 1.00. The Morgan fingerprint density at radius 1 is 1.29 bits per heavy atom. The van der Waals surface area contributed by atoms with Crippen LogP contribution in [0.4, 0.5) is 8.78 Å². The molecule has 0 aromatic carbocycles. The maximum Gasteiger partial charge on any atom is 0.371 e. The summed E-state index contributed by atoms with van der Waals surface area (Å²) in [6.45, 7) is 5.10. The highest BCUT2D eigenvalue weighted by molar-refractivity contribution is 7.86.